The Morgan fingerprint density at radius 1 is 0.842 bits per heavy atom. The number of amides is 1. The van der Waals surface area contributed by atoms with Crippen molar-refractivity contribution in [1.29, 1.82) is 0 Å². The van der Waals surface area contributed by atoms with E-state index >= 15 is 0 Å². The second-order valence-corrected chi connectivity index (χ2v) is 9.72. The highest BCUT2D eigenvalue weighted by atomic mass is 16.5. The number of rotatable bonds is 8. The number of aromatic nitrogens is 1. The number of nitrogens with one attached hydrogen (secondary N) is 1. The Bertz CT molecular complexity index is 1550. The van der Waals surface area contributed by atoms with Crippen LogP contribution in [0.4, 0.5) is 5.69 Å². The minimum atomic E-state index is -0.0356. The lowest BCUT2D eigenvalue weighted by molar-refractivity contribution is -0.116. The Morgan fingerprint density at radius 2 is 1.61 bits per heavy atom. The quantitative estimate of drug-likeness (QED) is 0.254. The van der Waals surface area contributed by atoms with Gasteiger partial charge in [0, 0.05) is 36.9 Å². The molecule has 38 heavy (non-hydrogen) atoms. The van der Waals surface area contributed by atoms with Gasteiger partial charge < -0.3 is 19.4 Å². The number of anilines is 1. The number of hydrogen-bond acceptors (Lipinski definition) is 3. The predicted molar refractivity (Wildman–Crippen MR) is 151 cm³/mol. The molecule has 0 bridgehead atoms. The fourth-order valence-corrected chi connectivity index (χ4v) is 5.33. The first kappa shape index (κ1) is 23.9. The van der Waals surface area contributed by atoms with Crippen LogP contribution in [0, 0.1) is 0 Å². The number of ether oxygens (including phenoxy) is 2. The number of carbonyl (C=O) groups is 1. The third kappa shape index (κ3) is 4.88. The fraction of sp³-hybridized carbons (Fsp3) is 0.182. The summed E-state index contributed by atoms with van der Waals surface area (Å²) in [7, 11) is 1.67. The highest BCUT2D eigenvalue weighted by Gasteiger charge is 2.28. The van der Waals surface area contributed by atoms with Gasteiger partial charge in [-0.25, -0.2) is 0 Å². The molecule has 5 nitrogen and oxygen atoms in total. The number of nitrogens with zero attached hydrogens (tertiary/aromatic N) is 1. The van der Waals surface area contributed by atoms with E-state index in [9.17, 15) is 4.79 Å². The van der Waals surface area contributed by atoms with Crippen molar-refractivity contribution in [2.75, 3.05) is 19.0 Å². The molecule has 1 aliphatic rings. The third-order valence-corrected chi connectivity index (χ3v) is 7.27. The maximum absolute atomic E-state index is 12.9. The Hall–Kier alpha value is -4.51. The van der Waals surface area contributed by atoms with Gasteiger partial charge in [-0.05, 0) is 58.7 Å². The molecule has 2 heterocycles. The zero-order valence-corrected chi connectivity index (χ0v) is 21.4. The Balaban J connectivity index is 1.24. The van der Waals surface area contributed by atoms with Gasteiger partial charge in [0.15, 0.2) is 0 Å². The standard InChI is InChI=1S/C33H30N2O3/c1-37-26-14-10-23(11-15-26)18-19-38-27-16-12-25(13-17-27)28-20-32(36)34-30-8-5-9-31-33(30)29(28)22-35(31)21-24-6-3-2-4-7-24/h2-17,22,28H,18-21H2,1H3,(H,34,36)/t28-/m1/s1. The smallest absolute Gasteiger partial charge is 0.225 e. The molecule has 1 aliphatic heterocycles. The molecule has 0 saturated heterocycles. The normalized spacial score (nSPS) is 14.7. The van der Waals surface area contributed by atoms with Crippen LogP contribution in [0.1, 0.15) is 34.6 Å². The molecule has 4 aromatic carbocycles. The minimum absolute atomic E-state index is 0.0353. The van der Waals surface area contributed by atoms with E-state index in [2.05, 4.69) is 70.7 Å². The maximum atomic E-state index is 12.9. The summed E-state index contributed by atoms with van der Waals surface area (Å²) < 4.78 is 13.5. The molecule has 5 heteroatoms. The molecule has 0 aliphatic carbocycles. The van der Waals surface area contributed by atoms with E-state index in [0.29, 0.717) is 13.0 Å². The topological polar surface area (TPSA) is 52.5 Å². The number of benzene rings is 4. The fourth-order valence-electron chi connectivity index (χ4n) is 5.33. The summed E-state index contributed by atoms with van der Waals surface area (Å²) in [4.78, 5) is 12.9. The summed E-state index contributed by atoms with van der Waals surface area (Å²) >= 11 is 0. The molecule has 1 N–H and O–H groups in total. The third-order valence-electron chi connectivity index (χ3n) is 7.27. The van der Waals surface area contributed by atoms with Crippen molar-refractivity contribution in [1.82, 2.24) is 4.57 Å². The van der Waals surface area contributed by atoms with Crippen LogP contribution in [0.3, 0.4) is 0 Å². The zero-order chi connectivity index (χ0) is 25.9. The summed E-state index contributed by atoms with van der Waals surface area (Å²) in [5.41, 5.74) is 6.75. The van der Waals surface area contributed by atoms with Gasteiger partial charge in [-0.3, -0.25) is 4.79 Å². The zero-order valence-electron chi connectivity index (χ0n) is 21.4. The van der Waals surface area contributed by atoms with Crippen LogP contribution in [0.5, 0.6) is 11.5 Å². The first-order valence-corrected chi connectivity index (χ1v) is 13.0. The molecule has 0 radical (unpaired) electrons. The van der Waals surface area contributed by atoms with Crippen molar-refractivity contribution < 1.29 is 14.3 Å². The van der Waals surface area contributed by atoms with Crippen LogP contribution < -0.4 is 14.8 Å². The summed E-state index contributed by atoms with van der Waals surface area (Å²) in [5, 5.41) is 4.26. The monoisotopic (exact) mass is 502 g/mol. The van der Waals surface area contributed by atoms with E-state index < -0.39 is 0 Å². The summed E-state index contributed by atoms with van der Waals surface area (Å²) in [6.45, 7) is 1.37. The van der Waals surface area contributed by atoms with Crippen LogP contribution in [0.15, 0.2) is 103 Å². The van der Waals surface area contributed by atoms with E-state index in [4.69, 9.17) is 9.47 Å². The van der Waals surface area contributed by atoms with Crippen LogP contribution in [0.2, 0.25) is 0 Å². The molecule has 5 aromatic rings. The van der Waals surface area contributed by atoms with Gasteiger partial charge in [0.1, 0.15) is 11.5 Å². The molecule has 0 unspecified atom stereocenters. The largest absolute Gasteiger partial charge is 0.497 e. The molecular formula is C33H30N2O3. The first-order valence-electron chi connectivity index (χ1n) is 13.0. The van der Waals surface area contributed by atoms with Crippen LogP contribution in [0.25, 0.3) is 10.9 Å². The Kier molecular flexibility index (Phi) is 6.57. The minimum Gasteiger partial charge on any atom is -0.497 e. The molecule has 1 amide bonds. The Morgan fingerprint density at radius 3 is 2.37 bits per heavy atom. The second kappa shape index (κ2) is 10.5. The maximum Gasteiger partial charge on any atom is 0.225 e. The lowest BCUT2D eigenvalue weighted by Crippen LogP contribution is -2.14. The van der Waals surface area contributed by atoms with Crippen molar-refractivity contribution in [3.05, 3.63) is 126 Å². The molecular weight excluding hydrogens is 472 g/mol. The van der Waals surface area contributed by atoms with Crippen molar-refractivity contribution >= 4 is 22.5 Å². The van der Waals surface area contributed by atoms with Crippen LogP contribution >= 0.6 is 0 Å². The van der Waals surface area contributed by atoms with Crippen molar-refractivity contribution in [2.45, 2.75) is 25.3 Å². The van der Waals surface area contributed by atoms with Gasteiger partial charge in [0.05, 0.1) is 24.9 Å². The number of carbonyl (C=O) groups excluding carboxylic acids is 1. The van der Waals surface area contributed by atoms with Crippen molar-refractivity contribution in [3.63, 3.8) is 0 Å². The van der Waals surface area contributed by atoms with Crippen LogP contribution in [-0.4, -0.2) is 24.2 Å². The van der Waals surface area contributed by atoms with Crippen molar-refractivity contribution in [3.8, 4) is 11.5 Å². The van der Waals surface area contributed by atoms with Gasteiger partial charge in [0.25, 0.3) is 0 Å². The van der Waals surface area contributed by atoms with Crippen LogP contribution in [-0.2, 0) is 17.8 Å². The average molecular weight is 503 g/mol. The molecule has 6 rings (SSSR count). The van der Waals surface area contributed by atoms with E-state index in [1.54, 1.807) is 7.11 Å². The molecule has 190 valence electrons. The lowest BCUT2D eigenvalue weighted by Gasteiger charge is -2.15. The summed E-state index contributed by atoms with van der Waals surface area (Å²) in [6, 6.07) is 32.9. The van der Waals surface area contributed by atoms with Gasteiger partial charge in [-0.2, -0.15) is 0 Å². The second-order valence-electron chi connectivity index (χ2n) is 9.72. The van der Waals surface area contributed by atoms with E-state index in [1.807, 2.05) is 42.5 Å². The number of methoxy groups -OCH3 is 1. The highest BCUT2D eigenvalue weighted by Crippen LogP contribution is 2.41. The van der Waals surface area contributed by atoms with Gasteiger partial charge >= 0.3 is 0 Å². The lowest BCUT2D eigenvalue weighted by atomic mass is 9.88. The summed E-state index contributed by atoms with van der Waals surface area (Å²) in [6.07, 6.45) is 3.44. The molecule has 0 spiro atoms. The predicted octanol–water partition coefficient (Wildman–Crippen LogP) is 6.79. The van der Waals surface area contributed by atoms with E-state index in [-0.39, 0.29) is 11.8 Å². The molecule has 1 aromatic heterocycles. The summed E-state index contributed by atoms with van der Waals surface area (Å²) in [5.74, 6) is 1.68. The SMILES string of the molecule is COc1ccc(CCOc2ccc([C@H]3CC(=O)Nc4cccc5c4c3cn5Cc3ccccc3)cc2)cc1. The Labute approximate surface area is 222 Å². The van der Waals surface area contributed by atoms with Crippen molar-refractivity contribution in [2.24, 2.45) is 0 Å². The van der Waals surface area contributed by atoms with Gasteiger partial charge in [-0.15, -0.1) is 0 Å². The number of hydrogen-bond donors (Lipinski definition) is 1. The molecule has 0 fully saturated rings. The van der Waals surface area contributed by atoms with Gasteiger partial charge in [-0.1, -0.05) is 60.7 Å². The van der Waals surface area contributed by atoms with E-state index in [1.165, 1.54) is 16.7 Å². The first-order chi connectivity index (χ1) is 18.7. The average Bonchev–Trinajstić information content (AvgIpc) is 3.24. The molecule has 1 atom stereocenters. The highest BCUT2D eigenvalue weighted by molar-refractivity contribution is 6.06. The van der Waals surface area contributed by atoms with E-state index in [0.717, 1.165) is 46.6 Å². The van der Waals surface area contributed by atoms with Gasteiger partial charge in [0.2, 0.25) is 5.91 Å². The molecule has 0 saturated carbocycles.